The highest BCUT2D eigenvalue weighted by molar-refractivity contribution is 5.94. The number of rotatable bonds is 5. The number of hydrogen-bond donors (Lipinski definition) is 2. The zero-order valence-corrected chi connectivity index (χ0v) is 14.1. The summed E-state index contributed by atoms with van der Waals surface area (Å²) in [5.74, 6) is -0.969. The van der Waals surface area contributed by atoms with E-state index in [0.717, 1.165) is 19.5 Å². The molecule has 1 heterocycles. The summed E-state index contributed by atoms with van der Waals surface area (Å²) in [7, 11) is 0. The highest BCUT2D eigenvalue weighted by atomic mass is 19.1. The normalized spacial score (nSPS) is 21.0. The molecule has 1 fully saturated rings. The van der Waals surface area contributed by atoms with Crippen molar-refractivity contribution in [1.29, 1.82) is 0 Å². The minimum Gasteiger partial charge on any atom is -0.396 e. The van der Waals surface area contributed by atoms with E-state index in [1.54, 1.807) is 12.1 Å². The summed E-state index contributed by atoms with van der Waals surface area (Å²) < 4.78 is 13.8. The number of amides is 1. The van der Waals surface area contributed by atoms with Crippen LogP contribution >= 0.6 is 0 Å². The molecule has 0 aromatic heterocycles. The smallest absolute Gasteiger partial charge is 0.254 e. The van der Waals surface area contributed by atoms with Gasteiger partial charge in [0.2, 0.25) is 0 Å². The molecule has 0 aliphatic carbocycles. The Morgan fingerprint density at radius 2 is 1.88 bits per heavy atom. The lowest BCUT2D eigenvalue weighted by molar-refractivity contribution is 0.0728. The Labute approximate surface area is 147 Å². The number of piperidine rings is 1. The summed E-state index contributed by atoms with van der Waals surface area (Å²) in [4.78, 5) is 14.7. The summed E-state index contributed by atoms with van der Waals surface area (Å²) in [5, 5.41) is 12.5. The van der Waals surface area contributed by atoms with E-state index in [1.807, 2.05) is 18.2 Å². The van der Waals surface area contributed by atoms with Crippen molar-refractivity contribution in [1.82, 2.24) is 10.2 Å². The van der Waals surface area contributed by atoms with Crippen molar-refractivity contribution in [3.05, 3.63) is 71.5 Å². The van der Waals surface area contributed by atoms with Gasteiger partial charge < -0.3 is 10.4 Å². The van der Waals surface area contributed by atoms with Gasteiger partial charge in [-0.05, 0) is 30.7 Å². The van der Waals surface area contributed by atoms with E-state index in [1.165, 1.54) is 17.7 Å². The van der Waals surface area contributed by atoms with E-state index >= 15 is 0 Å². The average molecular weight is 342 g/mol. The van der Waals surface area contributed by atoms with E-state index in [4.69, 9.17) is 0 Å². The fourth-order valence-electron chi connectivity index (χ4n) is 3.33. The molecule has 2 N–H and O–H groups in total. The molecule has 1 aliphatic heterocycles. The van der Waals surface area contributed by atoms with Crippen molar-refractivity contribution < 1.29 is 14.3 Å². The molecule has 1 aliphatic rings. The lowest BCUT2D eigenvalue weighted by atomic mass is 9.91. The van der Waals surface area contributed by atoms with Crippen LogP contribution < -0.4 is 5.32 Å². The Kier molecular flexibility index (Phi) is 5.79. The maximum atomic E-state index is 13.8. The molecule has 132 valence electrons. The molecule has 1 saturated heterocycles. The number of benzene rings is 2. The standard InChI is InChI=1S/C20H23FN2O2/c21-18-9-5-4-8-17(18)20(25)22-19-13-23(11-10-16(19)14-24)12-15-6-2-1-3-7-15/h1-9,16,19,24H,10-14H2,(H,22,25). The van der Waals surface area contributed by atoms with Crippen LogP contribution in [0.2, 0.25) is 0 Å². The fourth-order valence-corrected chi connectivity index (χ4v) is 3.33. The number of carbonyl (C=O) groups excluding carboxylic acids is 1. The van der Waals surface area contributed by atoms with Gasteiger partial charge in [-0.25, -0.2) is 4.39 Å². The van der Waals surface area contributed by atoms with Crippen LogP contribution in [0.15, 0.2) is 54.6 Å². The molecule has 0 spiro atoms. The van der Waals surface area contributed by atoms with Crippen LogP contribution in [-0.4, -0.2) is 41.7 Å². The summed E-state index contributed by atoms with van der Waals surface area (Å²) in [5.41, 5.74) is 1.25. The van der Waals surface area contributed by atoms with E-state index in [9.17, 15) is 14.3 Å². The summed E-state index contributed by atoms with van der Waals surface area (Å²) >= 11 is 0. The number of likely N-dealkylation sites (tertiary alicyclic amines) is 1. The minimum absolute atomic E-state index is 0.0113. The molecule has 4 nitrogen and oxygen atoms in total. The highest BCUT2D eigenvalue weighted by Gasteiger charge is 2.30. The summed E-state index contributed by atoms with van der Waals surface area (Å²) in [6.07, 6.45) is 0.797. The number of halogens is 1. The second kappa shape index (κ2) is 8.23. The molecule has 0 radical (unpaired) electrons. The number of carbonyl (C=O) groups is 1. The number of aliphatic hydroxyl groups is 1. The Balaban J connectivity index is 1.67. The maximum absolute atomic E-state index is 13.8. The molecule has 2 aromatic carbocycles. The van der Waals surface area contributed by atoms with Gasteiger partial charge in [0, 0.05) is 31.7 Å². The van der Waals surface area contributed by atoms with Gasteiger partial charge in [-0.1, -0.05) is 42.5 Å². The molecule has 3 rings (SSSR count). The van der Waals surface area contributed by atoms with Crippen molar-refractivity contribution in [3.63, 3.8) is 0 Å². The van der Waals surface area contributed by atoms with E-state index in [0.29, 0.717) is 6.54 Å². The first-order chi connectivity index (χ1) is 12.2. The third-order valence-corrected chi connectivity index (χ3v) is 4.76. The number of nitrogens with one attached hydrogen (secondary N) is 1. The predicted octanol–water partition coefficient (Wildman–Crippen LogP) is 2.44. The molecule has 5 heteroatoms. The zero-order chi connectivity index (χ0) is 17.6. The van der Waals surface area contributed by atoms with Crippen LogP contribution in [-0.2, 0) is 6.54 Å². The van der Waals surface area contributed by atoms with Crippen LogP contribution in [0.3, 0.4) is 0 Å². The van der Waals surface area contributed by atoms with Crippen LogP contribution in [0, 0.1) is 11.7 Å². The monoisotopic (exact) mass is 342 g/mol. The zero-order valence-electron chi connectivity index (χ0n) is 14.1. The topological polar surface area (TPSA) is 52.6 Å². The van der Waals surface area contributed by atoms with Crippen LogP contribution in [0.5, 0.6) is 0 Å². The van der Waals surface area contributed by atoms with Gasteiger partial charge in [0.15, 0.2) is 0 Å². The second-order valence-electron chi connectivity index (χ2n) is 6.51. The highest BCUT2D eigenvalue weighted by Crippen LogP contribution is 2.20. The van der Waals surface area contributed by atoms with Gasteiger partial charge in [-0.3, -0.25) is 9.69 Å². The third-order valence-electron chi connectivity index (χ3n) is 4.76. The van der Waals surface area contributed by atoms with E-state index in [2.05, 4.69) is 22.3 Å². The molecule has 0 saturated carbocycles. The Hall–Kier alpha value is -2.24. The van der Waals surface area contributed by atoms with Crippen LogP contribution in [0.25, 0.3) is 0 Å². The largest absolute Gasteiger partial charge is 0.396 e. The lowest BCUT2D eigenvalue weighted by Crippen LogP contribution is -2.53. The van der Waals surface area contributed by atoms with Gasteiger partial charge in [0.1, 0.15) is 5.82 Å². The first-order valence-corrected chi connectivity index (χ1v) is 8.60. The quantitative estimate of drug-likeness (QED) is 0.878. The SMILES string of the molecule is O=C(NC1CN(Cc2ccccc2)CCC1CO)c1ccccc1F. The molecule has 25 heavy (non-hydrogen) atoms. The van der Waals surface area contributed by atoms with Crippen molar-refractivity contribution in [2.75, 3.05) is 19.7 Å². The van der Waals surface area contributed by atoms with Gasteiger partial charge in [0.25, 0.3) is 5.91 Å². The Morgan fingerprint density at radius 1 is 1.16 bits per heavy atom. The average Bonchev–Trinajstić information content (AvgIpc) is 2.63. The minimum atomic E-state index is -0.530. The van der Waals surface area contributed by atoms with E-state index < -0.39 is 11.7 Å². The number of hydrogen-bond acceptors (Lipinski definition) is 3. The van der Waals surface area contributed by atoms with E-state index in [-0.39, 0.29) is 24.1 Å². The fraction of sp³-hybridized carbons (Fsp3) is 0.350. The second-order valence-corrected chi connectivity index (χ2v) is 6.51. The maximum Gasteiger partial charge on any atom is 0.254 e. The first-order valence-electron chi connectivity index (χ1n) is 8.60. The van der Waals surface area contributed by atoms with Crippen molar-refractivity contribution in [2.45, 2.75) is 19.0 Å². The summed E-state index contributed by atoms with van der Waals surface area (Å²) in [6, 6.07) is 15.9. The number of aliphatic hydroxyl groups excluding tert-OH is 1. The Morgan fingerprint density at radius 3 is 2.60 bits per heavy atom. The van der Waals surface area contributed by atoms with Crippen molar-refractivity contribution in [3.8, 4) is 0 Å². The van der Waals surface area contributed by atoms with Crippen LogP contribution in [0.4, 0.5) is 4.39 Å². The number of nitrogens with zero attached hydrogens (tertiary/aromatic N) is 1. The first kappa shape index (κ1) is 17.6. The van der Waals surface area contributed by atoms with Gasteiger partial charge >= 0.3 is 0 Å². The lowest BCUT2D eigenvalue weighted by Gasteiger charge is -2.38. The molecular formula is C20H23FN2O2. The Bertz CT molecular complexity index is 708. The molecule has 2 atom stereocenters. The van der Waals surface area contributed by atoms with Gasteiger partial charge in [-0.15, -0.1) is 0 Å². The molecule has 2 aromatic rings. The van der Waals surface area contributed by atoms with Gasteiger partial charge in [-0.2, -0.15) is 0 Å². The third kappa shape index (κ3) is 4.44. The van der Waals surface area contributed by atoms with Crippen molar-refractivity contribution in [2.24, 2.45) is 5.92 Å². The summed E-state index contributed by atoms with van der Waals surface area (Å²) in [6.45, 7) is 2.32. The van der Waals surface area contributed by atoms with Crippen LogP contribution in [0.1, 0.15) is 22.3 Å². The molecule has 2 unspecified atom stereocenters. The van der Waals surface area contributed by atoms with Crippen molar-refractivity contribution >= 4 is 5.91 Å². The molecule has 0 bridgehead atoms. The molecular weight excluding hydrogens is 319 g/mol. The molecule has 1 amide bonds. The predicted molar refractivity (Wildman–Crippen MR) is 94.6 cm³/mol. The van der Waals surface area contributed by atoms with Gasteiger partial charge in [0.05, 0.1) is 5.56 Å².